The molecule has 3 amide bonds. The summed E-state index contributed by atoms with van der Waals surface area (Å²) in [7, 11) is 0. The zero-order valence-corrected chi connectivity index (χ0v) is 15.1. The smallest absolute Gasteiger partial charge is 0.340 e. The Labute approximate surface area is 153 Å². The number of ether oxygens (including phenoxy) is 1. The first-order chi connectivity index (χ1) is 12.0. The van der Waals surface area contributed by atoms with Gasteiger partial charge in [0.15, 0.2) is 0 Å². The molecule has 25 heavy (non-hydrogen) atoms. The molecule has 0 fully saturated rings. The lowest BCUT2D eigenvalue weighted by molar-refractivity contribution is -0.129. The first-order valence-electron chi connectivity index (χ1n) is 7.62. The Kier molecular flexibility index (Phi) is 6.71. The van der Waals surface area contributed by atoms with Crippen LogP contribution in [-0.2, 0) is 9.53 Å². The summed E-state index contributed by atoms with van der Waals surface area (Å²) in [5, 5.41) is 4.63. The maximum atomic E-state index is 12.4. The molecule has 0 aliphatic heterocycles. The number of urea groups is 1. The summed E-state index contributed by atoms with van der Waals surface area (Å²) in [6.07, 6.45) is -1.25. The van der Waals surface area contributed by atoms with Crippen molar-refractivity contribution in [1.82, 2.24) is 10.6 Å². The van der Waals surface area contributed by atoms with Crippen LogP contribution in [0.15, 0.2) is 59.1 Å². The van der Waals surface area contributed by atoms with Crippen molar-refractivity contribution in [2.75, 3.05) is 6.54 Å². The second-order valence-electron chi connectivity index (χ2n) is 5.02. The second kappa shape index (κ2) is 8.98. The van der Waals surface area contributed by atoms with E-state index in [9.17, 15) is 14.4 Å². The maximum Gasteiger partial charge on any atom is 0.340 e. The van der Waals surface area contributed by atoms with Crippen molar-refractivity contribution < 1.29 is 19.1 Å². The van der Waals surface area contributed by atoms with E-state index in [2.05, 4.69) is 26.6 Å². The average Bonchev–Trinajstić information content (AvgIpc) is 2.60. The molecule has 0 bridgehead atoms. The minimum absolute atomic E-state index is 0.286. The summed E-state index contributed by atoms with van der Waals surface area (Å²) < 4.78 is 5.94. The molecule has 0 aromatic heterocycles. The van der Waals surface area contributed by atoms with E-state index >= 15 is 0 Å². The van der Waals surface area contributed by atoms with Crippen LogP contribution in [0.5, 0.6) is 0 Å². The summed E-state index contributed by atoms with van der Waals surface area (Å²) in [4.78, 5) is 36.5. The Balaban J connectivity index is 2.23. The molecule has 0 saturated heterocycles. The predicted octanol–water partition coefficient (Wildman–Crippen LogP) is 3.19. The third-order valence-corrected chi connectivity index (χ3v) is 3.92. The largest absolute Gasteiger partial charge is 0.444 e. The molecule has 7 heteroatoms. The molecular formula is C18H17BrN2O4. The van der Waals surface area contributed by atoms with E-state index in [1.165, 1.54) is 0 Å². The van der Waals surface area contributed by atoms with Gasteiger partial charge in [0, 0.05) is 16.6 Å². The van der Waals surface area contributed by atoms with Crippen LogP contribution in [0.4, 0.5) is 4.79 Å². The first kappa shape index (κ1) is 18.7. The number of rotatable bonds is 5. The molecule has 1 atom stereocenters. The van der Waals surface area contributed by atoms with Crippen LogP contribution in [0.2, 0.25) is 0 Å². The van der Waals surface area contributed by atoms with E-state index in [0.717, 1.165) is 0 Å². The fourth-order valence-corrected chi connectivity index (χ4v) is 2.53. The van der Waals surface area contributed by atoms with Crippen LogP contribution in [-0.4, -0.2) is 24.5 Å². The van der Waals surface area contributed by atoms with Crippen molar-refractivity contribution in [2.24, 2.45) is 0 Å². The normalized spacial score (nSPS) is 11.3. The highest BCUT2D eigenvalue weighted by molar-refractivity contribution is 9.10. The van der Waals surface area contributed by atoms with Gasteiger partial charge in [0.05, 0.1) is 5.56 Å². The number of carbonyl (C=O) groups is 3. The van der Waals surface area contributed by atoms with Crippen molar-refractivity contribution in [3.8, 4) is 0 Å². The van der Waals surface area contributed by atoms with Gasteiger partial charge in [0.2, 0.25) is 6.10 Å². The minimum Gasteiger partial charge on any atom is -0.444 e. The molecule has 0 spiro atoms. The number of hydrogen-bond donors (Lipinski definition) is 2. The number of benzene rings is 2. The van der Waals surface area contributed by atoms with Gasteiger partial charge in [0.1, 0.15) is 0 Å². The molecule has 0 radical (unpaired) electrons. The molecule has 2 aromatic rings. The van der Waals surface area contributed by atoms with Gasteiger partial charge in [-0.2, -0.15) is 0 Å². The zero-order valence-electron chi connectivity index (χ0n) is 13.5. The minimum atomic E-state index is -1.25. The Morgan fingerprint density at radius 2 is 1.68 bits per heavy atom. The lowest BCUT2D eigenvalue weighted by atomic mass is 10.1. The topological polar surface area (TPSA) is 84.5 Å². The third-order valence-electron chi connectivity index (χ3n) is 3.23. The molecule has 0 heterocycles. The third kappa shape index (κ3) is 5.15. The molecule has 0 unspecified atom stereocenters. The highest BCUT2D eigenvalue weighted by Gasteiger charge is 2.27. The number of imide groups is 1. The van der Waals surface area contributed by atoms with Crippen LogP contribution in [0.25, 0.3) is 0 Å². The van der Waals surface area contributed by atoms with Gasteiger partial charge < -0.3 is 10.1 Å². The van der Waals surface area contributed by atoms with Gasteiger partial charge >= 0.3 is 12.0 Å². The monoisotopic (exact) mass is 404 g/mol. The highest BCUT2D eigenvalue weighted by Crippen LogP contribution is 2.23. The van der Waals surface area contributed by atoms with E-state index in [0.29, 0.717) is 16.6 Å². The van der Waals surface area contributed by atoms with Gasteiger partial charge in [-0.05, 0) is 35.0 Å². The van der Waals surface area contributed by atoms with E-state index in [-0.39, 0.29) is 5.56 Å². The summed E-state index contributed by atoms with van der Waals surface area (Å²) in [6.45, 7) is 2.09. The number of halogens is 1. The average molecular weight is 405 g/mol. The highest BCUT2D eigenvalue weighted by atomic mass is 79.9. The summed E-state index contributed by atoms with van der Waals surface area (Å²) in [5.74, 6) is -1.40. The first-order valence-corrected chi connectivity index (χ1v) is 8.41. The molecule has 2 rings (SSSR count). The van der Waals surface area contributed by atoms with E-state index in [1.54, 1.807) is 61.5 Å². The summed E-state index contributed by atoms with van der Waals surface area (Å²) >= 11 is 3.28. The van der Waals surface area contributed by atoms with Gasteiger partial charge in [-0.1, -0.05) is 42.5 Å². The number of amides is 3. The molecule has 0 aliphatic rings. The lowest BCUT2D eigenvalue weighted by Crippen LogP contribution is -2.42. The van der Waals surface area contributed by atoms with Crippen molar-refractivity contribution in [2.45, 2.75) is 13.0 Å². The Morgan fingerprint density at radius 1 is 1.04 bits per heavy atom. The Bertz CT molecular complexity index is 765. The number of esters is 1. The fraction of sp³-hybridized carbons (Fsp3) is 0.167. The molecule has 130 valence electrons. The second-order valence-corrected chi connectivity index (χ2v) is 5.88. The molecule has 6 nitrogen and oxygen atoms in total. The number of hydrogen-bond acceptors (Lipinski definition) is 4. The number of carbonyl (C=O) groups excluding carboxylic acids is 3. The van der Waals surface area contributed by atoms with Crippen LogP contribution in [0.1, 0.15) is 28.9 Å². The van der Waals surface area contributed by atoms with Crippen LogP contribution < -0.4 is 10.6 Å². The predicted molar refractivity (Wildman–Crippen MR) is 96.0 cm³/mol. The Hall–Kier alpha value is -2.67. The van der Waals surface area contributed by atoms with Gasteiger partial charge in [0.25, 0.3) is 5.91 Å². The summed E-state index contributed by atoms with van der Waals surface area (Å²) in [5.41, 5.74) is 0.749. The van der Waals surface area contributed by atoms with Gasteiger partial charge in [-0.15, -0.1) is 0 Å². The number of nitrogens with one attached hydrogen (secondary N) is 2. The standard InChI is InChI=1S/C18H17BrN2O4/c1-2-20-18(24)21-16(22)15(12-8-4-3-5-9-12)25-17(23)13-10-6-7-11-14(13)19/h3-11,15H,2H2,1H3,(H2,20,21,22,24)/t15-/m1/s1. The quantitative estimate of drug-likeness (QED) is 0.749. The summed E-state index contributed by atoms with van der Waals surface area (Å²) in [6, 6.07) is 14.6. The van der Waals surface area contributed by atoms with E-state index in [1.807, 2.05) is 0 Å². The van der Waals surface area contributed by atoms with Crippen molar-refractivity contribution in [3.05, 3.63) is 70.2 Å². The van der Waals surface area contributed by atoms with E-state index < -0.39 is 24.0 Å². The maximum absolute atomic E-state index is 12.4. The van der Waals surface area contributed by atoms with E-state index in [4.69, 9.17) is 4.74 Å². The molecule has 0 aliphatic carbocycles. The van der Waals surface area contributed by atoms with Crippen molar-refractivity contribution in [1.29, 1.82) is 0 Å². The molecular weight excluding hydrogens is 388 g/mol. The van der Waals surface area contributed by atoms with Crippen LogP contribution in [0.3, 0.4) is 0 Å². The van der Waals surface area contributed by atoms with Crippen LogP contribution in [0, 0.1) is 0 Å². The zero-order chi connectivity index (χ0) is 18.2. The van der Waals surface area contributed by atoms with Crippen LogP contribution >= 0.6 is 15.9 Å². The molecule has 0 saturated carbocycles. The van der Waals surface area contributed by atoms with Gasteiger partial charge in [-0.25, -0.2) is 9.59 Å². The van der Waals surface area contributed by atoms with Gasteiger partial charge in [-0.3, -0.25) is 10.1 Å². The lowest BCUT2D eigenvalue weighted by Gasteiger charge is -2.18. The van der Waals surface area contributed by atoms with Crippen molar-refractivity contribution >= 4 is 33.8 Å². The SMILES string of the molecule is CCNC(=O)NC(=O)[C@H](OC(=O)c1ccccc1Br)c1ccccc1. The molecule has 2 aromatic carbocycles. The Morgan fingerprint density at radius 3 is 2.32 bits per heavy atom. The molecule has 2 N–H and O–H groups in total. The fourth-order valence-electron chi connectivity index (χ4n) is 2.08. The van der Waals surface area contributed by atoms with Crippen molar-refractivity contribution in [3.63, 3.8) is 0 Å².